The van der Waals surface area contributed by atoms with Gasteiger partial charge < -0.3 is 10.1 Å². The molecule has 1 saturated heterocycles. The fourth-order valence-corrected chi connectivity index (χ4v) is 5.08. The Morgan fingerprint density at radius 2 is 1.62 bits per heavy atom. The molecule has 1 spiro atoms. The van der Waals surface area contributed by atoms with Gasteiger partial charge in [0, 0.05) is 12.6 Å². The summed E-state index contributed by atoms with van der Waals surface area (Å²) in [5.74, 6) is 0. The Bertz CT molecular complexity index is 326. The van der Waals surface area contributed by atoms with Gasteiger partial charge in [-0.05, 0) is 50.4 Å². The quantitative estimate of drug-likeness (QED) is 0.785. The summed E-state index contributed by atoms with van der Waals surface area (Å²) in [4.78, 5) is 0. The van der Waals surface area contributed by atoms with Crippen LogP contribution in [-0.2, 0) is 4.74 Å². The molecule has 1 heterocycles. The summed E-state index contributed by atoms with van der Waals surface area (Å²) in [7, 11) is 0. The van der Waals surface area contributed by atoms with Gasteiger partial charge in [-0.25, -0.2) is 0 Å². The fourth-order valence-electron chi connectivity index (χ4n) is 5.08. The maximum atomic E-state index is 6.66. The van der Waals surface area contributed by atoms with Gasteiger partial charge in [-0.3, -0.25) is 0 Å². The molecule has 2 heteroatoms. The van der Waals surface area contributed by atoms with E-state index in [0.717, 1.165) is 0 Å². The second kappa shape index (κ2) is 6.58. The normalized spacial score (nSPS) is 31.3. The van der Waals surface area contributed by atoms with Gasteiger partial charge in [-0.15, -0.1) is 0 Å². The Labute approximate surface area is 131 Å². The lowest BCUT2D eigenvalue weighted by Crippen LogP contribution is -2.39. The number of nitrogens with one attached hydrogen (secondary N) is 1. The number of hydrogen-bond donors (Lipinski definition) is 1. The van der Waals surface area contributed by atoms with Crippen molar-refractivity contribution in [3.05, 3.63) is 0 Å². The van der Waals surface area contributed by atoms with Gasteiger partial charge in [0.25, 0.3) is 0 Å². The third-order valence-corrected chi connectivity index (χ3v) is 6.31. The molecule has 3 aliphatic rings. The molecule has 0 aromatic carbocycles. The molecule has 3 rings (SSSR count). The molecular weight excluding hydrogens is 258 g/mol. The maximum Gasteiger partial charge on any atom is 0.0687 e. The molecule has 0 bridgehead atoms. The first-order chi connectivity index (χ1) is 10.1. The Morgan fingerprint density at radius 3 is 2.29 bits per heavy atom. The van der Waals surface area contributed by atoms with E-state index in [4.69, 9.17) is 4.74 Å². The summed E-state index contributed by atoms with van der Waals surface area (Å²) in [5, 5.41) is 3.72. The van der Waals surface area contributed by atoms with Gasteiger partial charge in [0.15, 0.2) is 0 Å². The average Bonchev–Trinajstić information content (AvgIpc) is 3.07. The molecule has 0 radical (unpaired) electrons. The van der Waals surface area contributed by atoms with Gasteiger partial charge in [0.05, 0.1) is 11.7 Å². The van der Waals surface area contributed by atoms with E-state index >= 15 is 0 Å². The van der Waals surface area contributed by atoms with Crippen molar-refractivity contribution in [1.82, 2.24) is 5.32 Å². The van der Waals surface area contributed by atoms with Crippen molar-refractivity contribution >= 4 is 0 Å². The minimum Gasteiger partial charge on any atom is -0.372 e. The van der Waals surface area contributed by atoms with Gasteiger partial charge in [-0.2, -0.15) is 0 Å². The average molecular weight is 293 g/mol. The summed E-state index contributed by atoms with van der Waals surface area (Å²) in [5.41, 5.74) is 0.837. The van der Waals surface area contributed by atoms with Crippen LogP contribution in [-0.4, -0.2) is 24.3 Å². The van der Waals surface area contributed by atoms with Crippen LogP contribution in [0.25, 0.3) is 0 Å². The van der Waals surface area contributed by atoms with Crippen molar-refractivity contribution in [3.63, 3.8) is 0 Å². The first kappa shape index (κ1) is 15.8. The number of rotatable bonds is 5. The predicted octanol–water partition coefficient (Wildman–Crippen LogP) is 4.82. The highest BCUT2D eigenvalue weighted by molar-refractivity contribution is 4.96. The molecule has 2 aliphatic carbocycles. The second-order valence-corrected chi connectivity index (χ2v) is 8.47. The molecule has 21 heavy (non-hydrogen) atoms. The molecule has 1 N–H and O–H groups in total. The highest BCUT2D eigenvalue weighted by Gasteiger charge is 2.44. The third kappa shape index (κ3) is 3.82. The minimum atomic E-state index is 0.300. The molecule has 0 amide bonds. The molecule has 1 unspecified atom stereocenters. The van der Waals surface area contributed by atoms with Crippen LogP contribution in [0.4, 0.5) is 0 Å². The van der Waals surface area contributed by atoms with Crippen LogP contribution in [0.3, 0.4) is 0 Å². The van der Waals surface area contributed by atoms with E-state index in [0.29, 0.717) is 23.2 Å². The Morgan fingerprint density at radius 1 is 0.952 bits per heavy atom. The van der Waals surface area contributed by atoms with Crippen molar-refractivity contribution in [2.45, 2.75) is 109 Å². The molecule has 0 aromatic heterocycles. The molecule has 122 valence electrons. The summed E-state index contributed by atoms with van der Waals surface area (Å²) in [6.45, 7) is 5.75. The first-order valence-electron chi connectivity index (χ1n) is 9.53. The number of ether oxygens (including phenoxy) is 1. The standard InChI is InChI=1S/C19H35NO/c1-16(2)20-15-18(9-6-7-10-18)14-17-8-13-19(21-17)11-4-3-5-12-19/h16-17,20H,3-15H2,1-2H3. The van der Waals surface area contributed by atoms with Crippen molar-refractivity contribution in [2.75, 3.05) is 6.54 Å². The highest BCUT2D eigenvalue weighted by Crippen LogP contribution is 2.48. The topological polar surface area (TPSA) is 21.3 Å². The molecule has 2 nitrogen and oxygen atoms in total. The molecule has 3 fully saturated rings. The highest BCUT2D eigenvalue weighted by atomic mass is 16.5. The van der Waals surface area contributed by atoms with Crippen molar-refractivity contribution in [3.8, 4) is 0 Å². The van der Waals surface area contributed by atoms with Crippen molar-refractivity contribution < 1.29 is 4.74 Å². The first-order valence-corrected chi connectivity index (χ1v) is 9.53. The molecule has 1 aliphatic heterocycles. The molecular formula is C19H35NO. The van der Waals surface area contributed by atoms with Crippen LogP contribution in [0.15, 0.2) is 0 Å². The van der Waals surface area contributed by atoms with E-state index in [-0.39, 0.29) is 0 Å². The van der Waals surface area contributed by atoms with E-state index in [1.165, 1.54) is 83.6 Å². The zero-order chi connectivity index (χ0) is 14.8. The Balaban J connectivity index is 1.56. The van der Waals surface area contributed by atoms with Crippen LogP contribution in [0, 0.1) is 5.41 Å². The SMILES string of the molecule is CC(C)NCC1(CC2CCC3(CCCCC3)O2)CCCC1. The minimum absolute atomic E-state index is 0.300. The smallest absolute Gasteiger partial charge is 0.0687 e. The molecule has 2 saturated carbocycles. The largest absolute Gasteiger partial charge is 0.372 e. The van der Waals surface area contributed by atoms with Crippen LogP contribution >= 0.6 is 0 Å². The maximum absolute atomic E-state index is 6.66. The van der Waals surface area contributed by atoms with Gasteiger partial charge in [0.2, 0.25) is 0 Å². The third-order valence-electron chi connectivity index (χ3n) is 6.31. The summed E-state index contributed by atoms with van der Waals surface area (Å²) in [6.07, 6.45) is 17.1. The molecule has 0 aromatic rings. The van der Waals surface area contributed by atoms with E-state index in [2.05, 4.69) is 19.2 Å². The van der Waals surface area contributed by atoms with Crippen LogP contribution < -0.4 is 5.32 Å². The number of hydrogen-bond acceptors (Lipinski definition) is 2. The lowest BCUT2D eigenvalue weighted by atomic mass is 9.79. The van der Waals surface area contributed by atoms with Gasteiger partial charge in [-0.1, -0.05) is 46.0 Å². The summed E-state index contributed by atoms with van der Waals surface area (Å²) < 4.78 is 6.66. The van der Waals surface area contributed by atoms with Crippen molar-refractivity contribution in [1.29, 1.82) is 0 Å². The van der Waals surface area contributed by atoms with Gasteiger partial charge in [0.1, 0.15) is 0 Å². The molecule has 1 atom stereocenters. The second-order valence-electron chi connectivity index (χ2n) is 8.47. The zero-order valence-corrected chi connectivity index (χ0v) is 14.3. The Kier molecular flexibility index (Phi) is 4.95. The Hall–Kier alpha value is -0.0800. The lowest BCUT2D eigenvalue weighted by Gasteiger charge is -2.36. The predicted molar refractivity (Wildman–Crippen MR) is 88.6 cm³/mol. The zero-order valence-electron chi connectivity index (χ0n) is 14.3. The van der Waals surface area contributed by atoms with E-state index in [9.17, 15) is 0 Å². The van der Waals surface area contributed by atoms with E-state index in [1.807, 2.05) is 0 Å². The van der Waals surface area contributed by atoms with Crippen LogP contribution in [0.2, 0.25) is 0 Å². The fraction of sp³-hybridized carbons (Fsp3) is 1.00. The van der Waals surface area contributed by atoms with Crippen LogP contribution in [0.5, 0.6) is 0 Å². The summed E-state index contributed by atoms with van der Waals surface area (Å²) in [6, 6.07) is 0.608. The van der Waals surface area contributed by atoms with Crippen LogP contribution in [0.1, 0.15) is 90.9 Å². The monoisotopic (exact) mass is 293 g/mol. The van der Waals surface area contributed by atoms with Crippen molar-refractivity contribution in [2.24, 2.45) is 5.41 Å². The van der Waals surface area contributed by atoms with E-state index in [1.54, 1.807) is 0 Å². The lowest BCUT2D eigenvalue weighted by molar-refractivity contribution is -0.0767. The summed E-state index contributed by atoms with van der Waals surface area (Å²) >= 11 is 0. The van der Waals surface area contributed by atoms with Gasteiger partial charge >= 0.3 is 0 Å². The van der Waals surface area contributed by atoms with E-state index < -0.39 is 0 Å².